The highest BCUT2D eigenvalue weighted by Crippen LogP contribution is 2.18. The van der Waals surface area contributed by atoms with E-state index >= 15 is 0 Å². The molecule has 0 aliphatic heterocycles. The molecular weight excluding hydrogens is 198 g/mol. The first-order chi connectivity index (χ1) is 7.65. The van der Waals surface area contributed by atoms with Gasteiger partial charge in [-0.05, 0) is 24.0 Å². The maximum absolute atomic E-state index is 5.02. The van der Waals surface area contributed by atoms with Crippen molar-refractivity contribution in [3.63, 3.8) is 0 Å². The highest BCUT2D eigenvalue weighted by atomic mass is 16.5. The molecule has 90 valence electrons. The SMILES string of the molecule is COCCNC(C)c1ccc(C(C)C)cc1. The molecule has 1 aromatic carbocycles. The first kappa shape index (κ1) is 13.2. The van der Waals surface area contributed by atoms with E-state index in [-0.39, 0.29) is 0 Å². The first-order valence-corrected chi connectivity index (χ1v) is 5.97. The van der Waals surface area contributed by atoms with Gasteiger partial charge in [0, 0.05) is 19.7 Å². The van der Waals surface area contributed by atoms with Crippen molar-refractivity contribution in [3.8, 4) is 0 Å². The van der Waals surface area contributed by atoms with Crippen LogP contribution >= 0.6 is 0 Å². The van der Waals surface area contributed by atoms with Gasteiger partial charge in [-0.2, -0.15) is 0 Å². The zero-order valence-electron chi connectivity index (χ0n) is 10.8. The Morgan fingerprint density at radius 3 is 2.12 bits per heavy atom. The van der Waals surface area contributed by atoms with Gasteiger partial charge >= 0.3 is 0 Å². The summed E-state index contributed by atoms with van der Waals surface area (Å²) in [7, 11) is 1.73. The Bertz CT molecular complexity index is 292. The average molecular weight is 221 g/mol. The van der Waals surface area contributed by atoms with E-state index in [2.05, 4.69) is 50.4 Å². The Balaban J connectivity index is 2.52. The molecule has 1 N–H and O–H groups in total. The highest BCUT2D eigenvalue weighted by molar-refractivity contribution is 5.26. The number of ether oxygens (including phenoxy) is 1. The van der Waals surface area contributed by atoms with Gasteiger partial charge in [-0.3, -0.25) is 0 Å². The van der Waals surface area contributed by atoms with Crippen molar-refractivity contribution < 1.29 is 4.74 Å². The van der Waals surface area contributed by atoms with Crippen LogP contribution < -0.4 is 5.32 Å². The lowest BCUT2D eigenvalue weighted by molar-refractivity contribution is 0.196. The van der Waals surface area contributed by atoms with Crippen LogP contribution in [-0.2, 0) is 4.74 Å². The van der Waals surface area contributed by atoms with Gasteiger partial charge in [-0.15, -0.1) is 0 Å². The molecule has 0 radical (unpaired) electrons. The fourth-order valence-electron chi connectivity index (χ4n) is 1.66. The normalized spacial score (nSPS) is 13.1. The van der Waals surface area contributed by atoms with Gasteiger partial charge in [0.15, 0.2) is 0 Å². The van der Waals surface area contributed by atoms with Crippen molar-refractivity contribution in [1.82, 2.24) is 5.32 Å². The second kappa shape index (κ2) is 6.66. The van der Waals surface area contributed by atoms with Crippen LogP contribution in [0.15, 0.2) is 24.3 Å². The quantitative estimate of drug-likeness (QED) is 0.745. The highest BCUT2D eigenvalue weighted by Gasteiger charge is 2.05. The fourth-order valence-corrected chi connectivity index (χ4v) is 1.66. The smallest absolute Gasteiger partial charge is 0.0587 e. The number of hydrogen-bond acceptors (Lipinski definition) is 2. The third kappa shape index (κ3) is 3.95. The fraction of sp³-hybridized carbons (Fsp3) is 0.571. The molecule has 1 rings (SSSR count). The van der Waals surface area contributed by atoms with Crippen LogP contribution in [0.3, 0.4) is 0 Å². The molecule has 0 heterocycles. The van der Waals surface area contributed by atoms with Crippen LogP contribution in [-0.4, -0.2) is 20.3 Å². The van der Waals surface area contributed by atoms with Gasteiger partial charge < -0.3 is 10.1 Å². The van der Waals surface area contributed by atoms with Gasteiger partial charge in [0.25, 0.3) is 0 Å². The lowest BCUT2D eigenvalue weighted by atomic mass is 10.00. The predicted octanol–water partition coefficient (Wildman–Crippen LogP) is 3.11. The van der Waals surface area contributed by atoms with Crippen molar-refractivity contribution in [3.05, 3.63) is 35.4 Å². The molecule has 0 saturated heterocycles. The van der Waals surface area contributed by atoms with E-state index in [0.29, 0.717) is 12.0 Å². The minimum absolute atomic E-state index is 0.386. The molecular formula is C14H23NO. The Morgan fingerprint density at radius 1 is 1.06 bits per heavy atom. The van der Waals surface area contributed by atoms with E-state index in [1.54, 1.807) is 7.11 Å². The summed E-state index contributed by atoms with van der Waals surface area (Å²) in [5.74, 6) is 0.603. The minimum atomic E-state index is 0.386. The lowest BCUT2D eigenvalue weighted by Gasteiger charge is -2.15. The second-order valence-corrected chi connectivity index (χ2v) is 4.49. The lowest BCUT2D eigenvalue weighted by Crippen LogP contribution is -2.22. The number of methoxy groups -OCH3 is 1. The predicted molar refractivity (Wildman–Crippen MR) is 68.8 cm³/mol. The third-order valence-corrected chi connectivity index (χ3v) is 2.86. The van der Waals surface area contributed by atoms with Crippen molar-refractivity contribution in [2.24, 2.45) is 0 Å². The Kier molecular flexibility index (Phi) is 5.50. The largest absolute Gasteiger partial charge is 0.383 e. The number of hydrogen-bond donors (Lipinski definition) is 1. The molecule has 0 spiro atoms. The Morgan fingerprint density at radius 2 is 1.62 bits per heavy atom. The molecule has 2 heteroatoms. The number of rotatable bonds is 6. The molecule has 0 aromatic heterocycles. The molecule has 0 bridgehead atoms. The monoisotopic (exact) mass is 221 g/mol. The molecule has 16 heavy (non-hydrogen) atoms. The van der Waals surface area contributed by atoms with Gasteiger partial charge in [0.05, 0.1) is 6.61 Å². The second-order valence-electron chi connectivity index (χ2n) is 4.49. The summed E-state index contributed by atoms with van der Waals surface area (Å²) in [6.07, 6.45) is 0. The van der Waals surface area contributed by atoms with E-state index in [1.807, 2.05) is 0 Å². The molecule has 0 aliphatic carbocycles. The summed E-state index contributed by atoms with van der Waals surface area (Å²) in [4.78, 5) is 0. The Hall–Kier alpha value is -0.860. The maximum Gasteiger partial charge on any atom is 0.0587 e. The molecule has 0 aliphatic rings. The summed E-state index contributed by atoms with van der Waals surface area (Å²) in [6.45, 7) is 8.27. The first-order valence-electron chi connectivity index (χ1n) is 5.97. The van der Waals surface area contributed by atoms with Gasteiger partial charge in [0.1, 0.15) is 0 Å². The molecule has 1 unspecified atom stereocenters. The van der Waals surface area contributed by atoms with Crippen LogP contribution in [0.2, 0.25) is 0 Å². The molecule has 2 nitrogen and oxygen atoms in total. The molecule has 1 aromatic rings. The maximum atomic E-state index is 5.02. The summed E-state index contributed by atoms with van der Waals surface area (Å²) >= 11 is 0. The van der Waals surface area contributed by atoms with Crippen LogP contribution in [0.25, 0.3) is 0 Å². The summed E-state index contributed by atoms with van der Waals surface area (Å²) < 4.78 is 5.02. The zero-order chi connectivity index (χ0) is 12.0. The van der Waals surface area contributed by atoms with Crippen molar-refractivity contribution in [1.29, 1.82) is 0 Å². The van der Waals surface area contributed by atoms with Crippen molar-refractivity contribution in [2.45, 2.75) is 32.7 Å². The summed E-state index contributed by atoms with van der Waals surface area (Å²) in [5.41, 5.74) is 2.73. The molecule has 1 atom stereocenters. The number of benzene rings is 1. The zero-order valence-corrected chi connectivity index (χ0v) is 10.8. The summed E-state index contributed by atoms with van der Waals surface area (Å²) in [5, 5.41) is 3.42. The van der Waals surface area contributed by atoms with Crippen molar-refractivity contribution >= 4 is 0 Å². The van der Waals surface area contributed by atoms with Crippen molar-refractivity contribution in [2.75, 3.05) is 20.3 Å². The molecule has 0 amide bonds. The third-order valence-electron chi connectivity index (χ3n) is 2.86. The average Bonchev–Trinajstić information content (AvgIpc) is 2.29. The van der Waals surface area contributed by atoms with E-state index < -0.39 is 0 Å². The van der Waals surface area contributed by atoms with Crippen LogP contribution in [0.4, 0.5) is 0 Å². The van der Waals surface area contributed by atoms with Crippen LogP contribution in [0.1, 0.15) is 43.9 Å². The molecule has 0 fully saturated rings. The van der Waals surface area contributed by atoms with E-state index in [4.69, 9.17) is 4.74 Å². The van der Waals surface area contributed by atoms with E-state index in [0.717, 1.165) is 13.2 Å². The molecule has 0 saturated carbocycles. The van der Waals surface area contributed by atoms with Gasteiger partial charge in [-0.25, -0.2) is 0 Å². The van der Waals surface area contributed by atoms with E-state index in [1.165, 1.54) is 11.1 Å². The topological polar surface area (TPSA) is 21.3 Å². The standard InChI is InChI=1S/C14H23NO/c1-11(2)13-5-7-14(8-6-13)12(3)15-9-10-16-4/h5-8,11-12,15H,9-10H2,1-4H3. The van der Waals surface area contributed by atoms with Gasteiger partial charge in [-0.1, -0.05) is 38.1 Å². The van der Waals surface area contributed by atoms with Gasteiger partial charge in [0.2, 0.25) is 0 Å². The summed E-state index contributed by atoms with van der Waals surface area (Å²) in [6, 6.07) is 9.24. The van der Waals surface area contributed by atoms with Crippen LogP contribution in [0, 0.1) is 0 Å². The Labute approximate surface area is 99.0 Å². The number of nitrogens with one attached hydrogen (secondary N) is 1. The van der Waals surface area contributed by atoms with E-state index in [9.17, 15) is 0 Å². The minimum Gasteiger partial charge on any atom is -0.383 e. The van der Waals surface area contributed by atoms with Crippen LogP contribution in [0.5, 0.6) is 0 Å².